The van der Waals surface area contributed by atoms with Crippen LogP contribution in [0.15, 0.2) is 53.4 Å². The van der Waals surface area contributed by atoms with E-state index in [9.17, 15) is 18.0 Å². The number of aromatic amines is 1. The van der Waals surface area contributed by atoms with Crippen molar-refractivity contribution in [1.82, 2.24) is 24.8 Å². The van der Waals surface area contributed by atoms with Crippen molar-refractivity contribution in [3.63, 3.8) is 0 Å². The van der Waals surface area contributed by atoms with E-state index in [1.165, 1.54) is 18.2 Å². The minimum Gasteiger partial charge on any atom is -0.351 e. The molecule has 2 aliphatic rings. The molecule has 3 heterocycles. The maximum absolute atomic E-state index is 13.8. The molecule has 2 aromatic carbocycles. The molecule has 0 aliphatic carbocycles. The van der Waals surface area contributed by atoms with Crippen molar-refractivity contribution < 1.29 is 18.0 Å². The second-order valence-corrected chi connectivity index (χ2v) is 14.1. The van der Waals surface area contributed by atoms with Crippen LogP contribution in [0.25, 0.3) is 10.9 Å². The van der Waals surface area contributed by atoms with E-state index in [1.54, 1.807) is 6.07 Å². The van der Waals surface area contributed by atoms with Crippen LogP contribution in [0, 0.1) is 5.41 Å². The first-order chi connectivity index (χ1) is 18.8. The molecule has 2 fully saturated rings. The fourth-order valence-electron chi connectivity index (χ4n) is 5.61. The lowest BCUT2D eigenvalue weighted by atomic mass is 9.85. The second-order valence-electron chi connectivity index (χ2n) is 11.5. The van der Waals surface area contributed by atoms with Crippen LogP contribution < -0.4 is 10.0 Å². The maximum Gasteiger partial charge on any atom is 0.268 e. The SMILES string of the molecule is CC(C)(C)[C@H](NC(=O)c1cc2ccccc2[nH]1)C(=O)N1C[C@@H]2C[C@H]1CN2CCNS(=O)(=O)c1ccc(Cl)cc1Cl. The Labute approximate surface area is 244 Å². The predicted octanol–water partition coefficient (Wildman–Crippen LogP) is 3.88. The standard InChI is InChI=1S/C28H33Cl2N5O4S/c1-28(2,3)25(33-26(36)23-12-17-6-4-5-7-22(17)32-23)27(37)35-16-19-14-20(35)15-34(19)11-10-31-40(38,39)24-9-8-18(29)13-21(24)30/h4-9,12-13,19-20,25,31-32H,10-11,14-16H2,1-3H3,(H,33,36)/t19-,20-,25+/m0/s1. The fourth-order valence-corrected chi connectivity index (χ4v) is 7.40. The number of rotatable bonds is 8. The predicted molar refractivity (Wildman–Crippen MR) is 156 cm³/mol. The molecule has 3 aromatic rings. The van der Waals surface area contributed by atoms with Crippen LogP contribution in [0.1, 0.15) is 37.7 Å². The minimum atomic E-state index is -3.78. The summed E-state index contributed by atoms with van der Waals surface area (Å²) in [7, 11) is -3.78. The third-order valence-electron chi connectivity index (χ3n) is 7.67. The summed E-state index contributed by atoms with van der Waals surface area (Å²) in [4.78, 5) is 34.1. The Morgan fingerprint density at radius 1 is 1.07 bits per heavy atom. The lowest BCUT2D eigenvalue weighted by Gasteiger charge is -2.39. The lowest BCUT2D eigenvalue weighted by Crippen LogP contribution is -2.59. The average molecular weight is 607 g/mol. The molecule has 40 heavy (non-hydrogen) atoms. The van der Waals surface area contributed by atoms with Gasteiger partial charge in [0.15, 0.2) is 0 Å². The van der Waals surface area contributed by atoms with Gasteiger partial charge in [-0.25, -0.2) is 13.1 Å². The second kappa shape index (κ2) is 11.0. The van der Waals surface area contributed by atoms with Crippen LogP contribution in [0.2, 0.25) is 10.0 Å². The van der Waals surface area contributed by atoms with Crippen molar-refractivity contribution in [2.24, 2.45) is 5.41 Å². The van der Waals surface area contributed by atoms with Gasteiger partial charge >= 0.3 is 0 Å². The molecule has 1 aromatic heterocycles. The third kappa shape index (κ3) is 5.87. The van der Waals surface area contributed by atoms with Gasteiger partial charge in [0.2, 0.25) is 15.9 Å². The number of nitrogens with one attached hydrogen (secondary N) is 3. The molecular formula is C28H33Cl2N5O4S. The lowest BCUT2D eigenvalue weighted by molar-refractivity contribution is -0.138. The van der Waals surface area contributed by atoms with E-state index in [0.717, 1.165) is 17.3 Å². The molecule has 2 saturated heterocycles. The molecule has 0 unspecified atom stereocenters. The van der Waals surface area contributed by atoms with Crippen molar-refractivity contribution in [2.75, 3.05) is 26.2 Å². The smallest absolute Gasteiger partial charge is 0.268 e. The van der Waals surface area contributed by atoms with Crippen LogP contribution in [0.4, 0.5) is 0 Å². The summed E-state index contributed by atoms with van der Waals surface area (Å²) in [6.07, 6.45) is 0.814. The van der Waals surface area contributed by atoms with Gasteiger partial charge in [-0.15, -0.1) is 0 Å². The van der Waals surface area contributed by atoms with Crippen LogP contribution in [0.5, 0.6) is 0 Å². The number of fused-ring (bicyclic) bond motifs is 3. The molecule has 0 saturated carbocycles. The summed E-state index contributed by atoms with van der Waals surface area (Å²) in [5, 5.41) is 4.35. The number of para-hydroxylation sites is 1. The molecule has 214 valence electrons. The number of carbonyl (C=O) groups excluding carboxylic acids is 2. The number of carbonyl (C=O) groups is 2. The molecule has 12 heteroatoms. The summed E-state index contributed by atoms with van der Waals surface area (Å²) in [5.74, 6) is -0.411. The zero-order valence-corrected chi connectivity index (χ0v) is 24.9. The highest BCUT2D eigenvalue weighted by Crippen LogP contribution is 2.33. The van der Waals surface area contributed by atoms with Crippen LogP contribution in [0.3, 0.4) is 0 Å². The minimum absolute atomic E-state index is 0.00893. The van der Waals surface area contributed by atoms with E-state index >= 15 is 0 Å². The van der Waals surface area contributed by atoms with Crippen molar-refractivity contribution in [3.8, 4) is 0 Å². The van der Waals surface area contributed by atoms with E-state index < -0.39 is 21.5 Å². The molecule has 2 amide bonds. The number of halogens is 2. The summed E-state index contributed by atoms with van der Waals surface area (Å²) >= 11 is 12.0. The molecule has 5 rings (SSSR count). The largest absolute Gasteiger partial charge is 0.351 e. The Morgan fingerprint density at radius 3 is 2.48 bits per heavy atom. The fraction of sp³-hybridized carbons (Fsp3) is 0.429. The molecule has 2 aliphatic heterocycles. The summed E-state index contributed by atoms with van der Waals surface area (Å²) < 4.78 is 28.0. The first-order valence-corrected chi connectivity index (χ1v) is 15.5. The van der Waals surface area contributed by atoms with Gasteiger partial charge < -0.3 is 15.2 Å². The average Bonchev–Trinajstić information content (AvgIpc) is 3.60. The van der Waals surface area contributed by atoms with Gasteiger partial charge in [0.1, 0.15) is 16.6 Å². The Kier molecular flexibility index (Phi) is 7.93. The van der Waals surface area contributed by atoms with E-state index in [-0.39, 0.29) is 40.4 Å². The summed E-state index contributed by atoms with van der Waals surface area (Å²) in [6, 6.07) is 13.1. The van der Waals surface area contributed by atoms with E-state index in [2.05, 4.69) is 19.9 Å². The molecule has 3 N–H and O–H groups in total. The first-order valence-electron chi connectivity index (χ1n) is 13.2. The van der Waals surface area contributed by atoms with E-state index in [0.29, 0.717) is 30.4 Å². The van der Waals surface area contributed by atoms with Crippen LogP contribution in [-0.4, -0.2) is 79.3 Å². The Morgan fingerprint density at radius 2 is 1.82 bits per heavy atom. The normalized spacial score (nSPS) is 20.3. The highest BCUT2D eigenvalue weighted by molar-refractivity contribution is 7.89. The van der Waals surface area contributed by atoms with Gasteiger partial charge in [-0.05, 0) is 42.2 Å². The molecular weight excluding hydrogens is 573 g/mol. The molecule has 0 radical (unpaired) electrons. The number of sulfonamides is 1. The Balaban J connectivity index is 1.19. The van der Waals surface area contributed by atoms with Gasteiger partial charge in [-0.2, -0.15) is 0 Å². The van der Waals surface area contributed by atoms with Crippen molar-refractivity contribution in [3.05, 3.63) is 64.3 Å². The van der Waals surface area contributed by atoms with Crippen molar-refractivity contribution in [1.29, 1.82) is 0 Å². The third-order valence-corrected chi connectivity index (χ3v) is 9.85. The van der Waals surface area contributed by atoms with Gasteiger partial charge in [0, 0.05) is 54.2 Å². The zero-order valence-electron chi connectivity index (χ0n) is 22.6. The molecule has 9 nitrogen and oxygen atoms in total. The number of nitrogens with zero attached hydrogens (tertiary/aromatic N) is 2. The maximum atomic E-state index is 13.8. The summed E-state index contributed by atoms with van der Waals surface area (Å²) in [6.45, 7) is 7.74. The Bertz CT molecular complexity index is 1520. The van der Waals surface area contributed by atoms with E-state index in [4.69, 9.17) is 23.2 Å². The first kappa shape index (κ1) is 28.9. The number of H-pyrrole nitrogens is 1. The Hall–Kier alpha value is -2.63. The van der Waals surface area contributed by atoms with E-state index in [1.807, 2.05) is 49.9 Å². The molecule has 2 bridgehead atoms. The number of likely N-dealkylation sites (tertiary alicyclic amines) is 2. The number of benzene rings is 2. The van der Waals surface area contributed by atoms with Crippen LogP contribution >= 0.6 is 23.2 Å². The quantitative estimate of drug-likeness (QED) is 0.360. The molecule has 0 spiro atoms. The monoisotopic (exact) mass is 605 g/mol. The number of aromatic nitrogens is 1. The van der Waals surface area contributed by atoms with Crippen molar-refractivity contribution >= 4 is 55.9 Å². The topological polar surface area (TPSA) is 115 Å². The van der Waals surface area contributed by atoms with Crippen LogP contribution in [-0.2, 0) is 14.8 Å². The number of hydrogen-bond donors (Lipinski definition) is 3. The zero-order chi connectivity index (χ0) is 28.8. The van der Waals surface area contributed by atoms with Gasteiger partial charge in [0.05, 0.1) is 5.02 Å². The van der Waals surface area contributed by atoms with Gasteiger partial charge in [0.25, 0.3) is 5.91 Å². The number of amides is 2. The van der Waals surface area contributed by atoms with Gasteiger partial charge in [-0.1, -0.05) is 62.2 Å². The summed E-state index contributed by atoms with van der Waals surface area (Å²) in [5.41, 5.74) is 0.781. The highest BCUT2D eigenvalue weighted by atomic mass is 35.5. The number of hydrogen-bond acceptors (Lipinski definition) is 5. The number of piperazine rings is 1. The molecule has 3 atom stereocenters. The highest BCUT2D eigenvalue weighted by Gasteiger charge is 2.48. The van der Waals surface area contributed by atoms with Gasteiger partial charge in [-0.3, -0.25) is 14.5 Å². The van der Waals surface area contributed by atoms with Crippen molar-refractivity contribution in [2.45, 2.75) is 50.2 Å².